The van der Waals surface area contributed by atoms with E-state index in [1.54, 1.807) is 0 Å². The van der Waals surface area contributed by atoms with Gasteiger partial charge in [-0.05, 0) is 19.8 Å². The predicted molar refractivity (Wildman–Crippen MR) is 47.2 cm³/mol. The Balaban J connectivity index is 2.18. The summed E-state index contributed by atoms with van der Waals surface area (Å²) in [5.41, 5.74) is 8.42. The minimum Gasteiger partial charge on any atom is -0.328 e. The van der Waals surface area contributed by atoms with E-state index in [0.29, 0.717) is 6.42 Å². The largest absolute Gasteiger partial charge is 0.328 e. The molecular formula is C8H17N3O. The molecule has 12 heavy (non-hydrogen) atoms. The minimum atomic E-state index is 0.130. The quantitative estimate of drug-likeness (QED) is 0.621. The second kappa shape index (κ2) is 4.42. The normalized spacial score (nSPS) is 22.0. The van der Waals surface area contributed by atoms with E-state index in [4.69, 9.17) is 5.73 Å². The lowest BCUT2D eigenvalue weighted by Gasteiger charge is -2.27. The molecule has 0 spiro atoms. The van der Waals surface area contributed by atoms with Gasteiger partial charge in [-0.15, -0.1) is 0 Å². The zero-order chi connectivity index (χ0) is 8.97. The van der Waals surface area contributed by atoms with Gasteiger partial charge in [-0.3, -0.25) is 10.2 Å². The maximum atomic E-state index is 10.9. The highest BCUT2D eigenvalue weighted by Gasteiger charge is 2.14. The van der Waals surface area contributed by atoms with Crippen LogP contribution in [0.25, 0.3) is 0 Å². The first kappa shape index (κ1) is 9.48. The second-order valence-corrected chi connectivity index (χ2v) is 3.39. The molecule has 0 aromatic carbocycles. The molecule has 1 atom stereocenters. The van der Waals surface area contributed by atoms with Crippen LogP contribution < -0.4 is 11.2 Å². The lowest BCUT2D eigenvalue weighted by atomic mass is 10.2. The zero-order valence-electron chi connectivity index (χ0n) is 7.55. The summed E-state index contributed by atoms with van der Waals surface area (Å²) >= 11 is 0. The monoisotopic (exact) mass is 171 g/mol. The molecule has 0 saturated carbocycles. The van der Waals surface area contributed by atoms with Crippen molar-refractivity contribution < 1.29 is 4.79 Å². The Labute approximate surface area is 73.1 Å². The summed E-state index contributed by atoms with van der Waals surface area (Å²) in [5, 5.41) is 1.95. The Bertz CT molecular complexity index is 158. The molecule has 1 rings (SSSR count). The Morgan fingerprint density at radius 1 is 1.75 bits per heavy atom. The van der Waals surface area contributed by atoms with Gasteiger partial charge < -0.3 is 5.73 Å². The average molecular weight is 171 g/mol. The summed E-state index contributed by atoms with van der Waals surface area (Å²) in [6.07, 6.45) is 2.56. The molecule has 4 heteroatoms. The highest BCUT2D eigenvalue weighted by Crippen LogP contribution is 2.01. The molecule has 4 nitrogen and oxygen atoms in total. The van der Waals surface area contributed by atoms with E-state index in [1.165, 1.54) is 0 Å². The van der Waals surface area contributed by atoms with Crippen molar-refractivity contribution in [2.75, 3.05) is 13.1 Å². The van der Waals surface area contributed by atoms with Crippen molar-refractivity contribution in [1.29, 1.82) is 0 Å². The van der Waals surface area contributed by atoms with Gasteiger partial charge in [-0.2, -0.15) is 0 Å². The van der Waals surface area contributed by atoms with Crippen LogP contribution in [0.3, 0.4) is 0 Å². The molecule has 0 aromatic rings. The molecule has 0 radical (unpaired) electrons. The van der Waals surface area contributed by atoms with Gasteiger partial charge in [0, 0.05) is 25.6 Å². The molecule has 1 amide bonds. The molecule has 1 fully saturated rings. The SMILES string of the molecule is CC(N)CCN1CCCC(=O)N1. The maximum absolute atomic E-state index is 10.9. The number of carbonyl (C=O) groups excluding carboxylic acids is 1. The van der Waals surface area contributed by atoms with Gasteiger partial charge in [0.25, 0.3) is 0 Å². The van der Waals surface area contributed by atoms with Gasteiger partial charge in [0.2, 0.25) is 5.91 Å². The van der Waals surface area contributed by atoms with Crippen molar-refractivity contribution in [1.82, 2.24) is 10.4 Å². The summed E-state index contributed by atoms with van der Waals surface area (Å²) in [7, 11) is 0. The van der Waals surface area contributed by atoms with Crippen molar-refractivity contribution in [2.45, 2.75) is 32.2 Å². The van der Waals surface area contributed by atoms with E-state index >= 15 is 0 Å². The van der Waals surface area contributed by atoms with Crippen LogP contribution in [0.1, 0.15) is 26.2 Å². The van der Waals surface area contributed by atoms with Crippen molar-refractivity contribution in [3.05, 3.63) is 0 Å². The standard InChI is InChI=1S/C8H17N3O/c1-7(9)4-6-11-5-2-3-8(12)10-11/h7H,2-6,9H2,1H3,(H,10,12). The minimum absolute atomic E-state index is 0.130. The Morgan fingerprint density at radius 2 is 2.50 bits per heavy atom. The topological polar surface area (TPSA) is 58.4 Å². The predicted octanol–water partition coefficient (Wildman–Crippen LogP) is -0.149. The van der Waals surface area contributed by atoms with Crippen LogP contribution in [0, 0.1) is 0 Å². The van der Waals surface area contributed by atoms with Crippen LogP contribution >= 0.6 is 0 Å². The van der Waals surface area contributed by atoms with Gasteiger partial charge in [0.1, 0.15) is 0 Å². The first-order valence-corrected chi connectivity index (χ1v) is 4.48. The van der Waals surface area contributed by atoms with Gasteiger partial charge in [0.05, 0.1) is 0 Å². The van der Waals surface area contributed by atoms with Crippen molar-refractivity contribution >= 4 is 5.91 Å². The van der Waals surface area contributed by atoms with Gasteiger partial charge in [0.15, 0.2) is 0 Å². The number of hydrogen-bond donors (Lipinski definition) is 2. The van der Waals surface area contributed by atoms with Crippen LogP contribution in [-0.2, 0) is 4.79 Å². The third-order valence-corrected chi connectivity index (χ3v) is 1.97. The molecule has 1 aliphatic heterocycles. The average Bonchev–Trinajstić information content (AvgIpc) is 2.01. The zero-order valence-corrected chi connectivity index (χ0v) is 7.55. The van der Waals surface area contributed by atoms with E-state index in [2.05, 4.69) is 5.43 Å². The van der Waals surface area contributed by atoms with Crippen LogP contribution in [0.15, 0.2) is 0 Å². The lowest BCUT2D eigenvalue weighted by molar-refractivity contribution is -0.128. The van der Waals surface area contributed by atoms with Gasteiger partial charge >= 0.3 is 0 Å². The Kier molecular flexibility index (Phi) is 3.49. The molecule has 70 valence electrons. The molecule has 0 bridgehead atoms. The number of amides is 1. The smallest absolute Gasteiger partial charge is 0.234 e. The van der Waals surface area contributed by atoms with Crippen molar-refractivity contribution in [2.24, 2.45) is 5.73 Å². The molecular weight excluding hydrogens is 154 g/mol. The first-order valence-electron chi connectivity index (χ1n) is 4.48. The van der Waals surface area contributed by atoms with Crippen LogP contribution in [0.4, 0.5) is 0 Å². The molecule has 1 heterocycles. The first-order chi connectivity index (χ1) is 5.68. The highest BCUT2D eigenvalue weighted by molar-refractivity contribution is 5.75. The van der Waals surface area contributed by atoms with Crippen LogP contribution in [0.2, 0.25) is 0 Å². The second-order valence-electron chi connectivity index (χ2n) is 3.39. The van der Waals surface area contributed by atoms with Gasteiger partial charge in [-0.25, -0.2) is 5.01 Å². The maximum Gasteiger partial charge on any atom is 0.234 e. The van der Waals surface area contributed by atoms with E-state index in [1.807, 2.05) is 11.9 Å². The summed E-state index contributed by atoms with van der Waals surface area (Å²) in [6.45, 7) is 3.80. The summed E-state index contributed by atoms with van der Waals surface area (Å²) < 4.78 is 0. The number of nitrogens with zero attached hydrogens (tertiary/aromatic N) is 1. The molecule has 1 aliphatic rings. The lowest BCUT2D eigenvalue weighted by Crippen LogP contribution is -2.47. The molecule has 0 aliphatic carbocycles. The van der Waals surface area contributed by atoms with E-state index in [9.17, 15) is 4.79 Å². The van der Waals surface area contributed by atoms with Crippen LogP contribution in [0.5, 0.6) is 0 Å². The molecule has 1 saturated heterocycles. The van der Waals surface area contributed by atoms with E-state index in [0.717, 1.165) is 25.9 Å². The fourth-order valence-corrected chi connectivity index (χ4v) is 1.25. The summed E-state index contributed by atoms with van der Waals surface area (Å²) in [4.78, 5) is 10.9. The number of hydrogen-bond acceptors (Lipinski definition) is 3. The Hall–Kier alpha value is -0.610. The molecule has 1 unspecified atom stereocenters. The summed E-state index contributed by atoms with van der Waals surface area (Å²) in [5.74, 6) is 0.130. The third kappa shape index (κ3) is 3.19. The Morgan fingerprint density at radius 3 is 3.08 bits per heavy atom. The third-order valence-electron chi connectivity index (χ3n) is 1.97. The summed E-state index contributed by atoms with van der Waals surface area (Å²) in [6, 6.07) is 0.212. The molecule has 3 N–H and O–H groups in total. The van der Waals surface area contributed by atoms with Crippen molar-refractivity contribution in [3.63, 3.8) is 0 Å². The fraction of sp³-hybridized carbons (Fsp3) is 0.875. The highest BCUT2D eigenvalue weighted by atomic mass is 16.2. The fourth-order valence-electron chi connectivity index (χ4n) is 1.25. The van der Waals surface area contributed by atoms with E-state index < -0.39 is 0 Å². The van der Waals surface area contributed by atoms with Gasteiger partial charge in [-0.1, -0.05) is 0 Å². The number of hydrazine groups is 1. The molecule has 0 aromatic heterocycles. The number of rotatable bonds is 3. The van der Waals surface area contributed by atoms with Crippen molar-refractivity contribution in [3.8, 4) is 0 Å². The number of carbonyl (C=O) groups is 1. The van der Waals surface area contributed by atoms with Crippen LogP contribution in [-0.4, -0.2) is 30.0 Å². The van der Waals surface area contributed by atoms with E-state index in [-0.39, 0.29) is 11.9 Å². The number of nitrogens with two attached hydrogens (primary N) is 1. The number of nitrogens with one attached hydrogen (secondary N) is 1.